The van der Waals surface area contributed by atoms with Crippen molar-refractivity contribution in [1.82, 2.24) is 0 Å². The second kappa shape index (κ2) is 3.29. The Kier molecular flexibility index (Phi) is 2.42. The first kappa shape index (κ1) is 9.55. The first-order chi connectivity index (χ1) is 6.11. The van der Waals surface area contributed by atoms with E-state index in [4.69, 9.17) is 0 Å². The number of hydrogen-bond acceptors (Lipinski definition) is 0. The summed E-state index contributed by atoms with van der Waals surface area (Å²) in [6.45, 7) is 7.49. The fourth-order valence-corrected chi connectivity index (χ4v) is 3.87. The molecule has 0 nitrogen and oxygen atoms in total. The number of hydrogen-bond donors (Lipinski definition) is 0. The highest BCUT2D eigenvalue weighted by Gasteiger charge is 2.42. The van der Waals surface area contributed by atoms with Gasteiger partial charge in [-0.25, -0.2) is 0 Å². The number of rotatable bonds is 0. The summed E-state index contributed by atoms with van der Waals surface area (Å²) < 4.78 is 0. The lowest BCUT2D eigenvalue weighted by Gasteiger charge is -2.34. The molecule has 2 fully saturated rings. The van der Waals surface area contributed by atoms with E-state index in [9.17, 15) is 0 Å². The molecule has 0 radical (unpaired) electrons. The molecule has 0 aliphatic heterocycles. The van der Waals surface area contributed by atoms with Gasteiger partial charge in [-0.2, -0.15) is 0 Å². The second-order valence-corrected chi connectivity index (χ2v) is 6.06. The molecule has 0 spiro atoms. The lowest BCUT2D eigenvalue weighted by Crippen LogP contribution is -2.26. The van der Waals surface area contributed by atoms with E-state index in [1.807, 2.05) is 0 Å². The van der Waals surface area contributed by atoms with E-state index in [2.05, 4.69) is 20.8 Å². The van der Waals surface area contributed by atoms with Gasteiger partial charge in [-0.3, -0.25) is 0 Å². The molecular weight excluding hydrogens is 156 g/mol. The molecule has 0 amide bonds. The van der Waals surface area contributed by atoms with Crippen molar-refractivity contribution < 1.29 is 0 Å². The molecule has 0 aromatic rings. The first-order valence-corrected chi connectivity index (χ1v) is 6.11. The molecule has 2 saturated carbocycles. The summed E-state index contributed by atoms with van der Waals surface area (Å²) in [7, 11) is 0. The molecule has 3 atom stereocenters. The molecule has 0 aromatic heterocycles. The standard InChI is InChI=1S/C13H24/c1-10-7-8-12-11(10)6-4-5-9-13(12,2)3/h10-12H,4-9H2,1-3H3. The van der Waals surface area contributed by atoms with Crippen LogP contribution in [0.5, 0.6) is 0 Å². The Hall–Kier alpha value is 0. The highest BCUT2D eigenvalue weighted by atomic mass is 14.5. The van der Waals surface area contributed by atoms with Gasteiger partial charge in [-0.1, -0.05) is 40.0 Å². The third kappa shape index (κ3) is 1.65. The van der Waals surface area contributed by atoms with Crippen molar-refractivity contribution in [2.75, 3.05) is 0 Å². The van der Waals surface area contributed by atoms with Crippen LogP contribution in [0.2, 0.25) is 0 Å². The van der Waals surface area contributed by atoms with Crippen molar-refractivity contribution >= 4 is 0 Å². The predicted molar refractivity (Wildman–Crippen MR) is 57.6 cm³/mol. The van der Waals surface area contributed by atoms with Crippen LogP contribution in [0.4, 0.5) is 0 Å². The van der Waals surface area contributed by atoms with E-state index in [-0.39, 0.29) is 0 Å². The van der Waals surface area contributed by atoms with Crippen molar-refractivity contribution in [1.29, 1.82) is 0 Å². The zero-order valence-electron chi connectivity index (χ0n) is 9.47. The van der Waals surface area contributed by atoms with Crippen molar-refractivity contribution in [2.45, 2.75) is 59.3 Å². The van der Waals surface area contributed by atoms with Gasteiger partial charge in [0, 0.05) is 0 Å². The van der Waals surface area contributed by atoms with Crippen molar-refractivity contribution in [2.24, 2.45) is 23.2 Å². The minimum Gasteiger partial charge on any atom is -0.0622 e. The third-order valence-electron chi connectivity index (χ3n) is 4.79. The molecule has 76 valence electrons. The van der Waals surface area contributed by atoms with Gasteiger partial charge in [0.25, 0.3) is 0 Å². The highest BCUT2D eigenvalue weighted by molar-refractivity contribution is 4.92. The minimum absolute atomic E-state index is 0.645. The maximum absolute atomic E-state index is 2.51. The van der Waals surface area contributed by atoms with Gasteiger partial charge >= 0.3 is 0 Å². The van der Waals surface area contributed by atoms with E-state index in [1.165, 1.54) is 38.5 Å². The summed E-state index contributed by atoms with van der Waals surface area (Å²) in [5.41, 5.74) is 0.645. The quantitative estimate of drug-likeness (QED) is 0.523. The Morgan fingerprint density at radius 2 is 1.77 bits per heavy atom. The Morgan fingerprint density at radius 3 is 2.54 bits per heavy atom. The van der Waals surface area contributed by atoms with Crippen LogP contribution < -0.4 is 0 Å². The topological polar surface area (TPSA) is 0 Å². The molecule has 0 heterocycles. The molecule has 13 heavy (non-hydrogen) atoms. The molecule has 2 aliphatic carbocycles. The van der Waals surface area contributed by atoms with Gasteiger partial charge in [0.05, 0.1) is 0 Å². The van der Waals surface area contributed by atoms with Crippen LogP contribution in [0.1, 0.15) is 59.3 Å². The van der Waals surface area contributed by atoms with E-state index < -0.39 is 0 Å². The van der Waals surface area contributed by atoms with E-state index in [1.54, 1.807) is 0 Å². The summed E-state index contributed by atoms with van der Waals surface area (Å²) >= 11 is 0. The van der Waals surface area contributed by atoms with Crippen LogP contribution in [0, 0.1) is 23.2 Å². The molecule has 0 N–H and O–H groups in total. The second-order valence-electron chi connectivity index (χ2n) is 6.06. The van der Waals surface area contributed by atoms with Crippen molar-refractivity contribution in [3.05, 3.63) is 0 Å². The molecule has 0 saturated heterocycles. The Labute approximate surface area is 83.1 Å². The van der Waals surface area contributed by atoms with E-state index >= 15 is 0 Å². The van der Waals surface area contributed by atoms with Gasteiger partial charge in [0.1, 0.15) is 0 Å². The average molecular weight is 180 g/mol. The number of fused-ring (bicyclic) bond motifs is 1. The predicted octanol–water partition coefficient (Wildman–Crippen LogP) is 4.25. The Morgan fingerprint density at radius 1 is 1.00 bits per heavy atom. The normalized spacial score (nSPS) is 44.1. The first-order valence-electron chi connectivity index (χ1n) is 6.11. The van der Waals surface area contributed by atoms with Gasteiger partial charge in [-0.15, -0.1) is 0 Å². The van der Waals surface area contributed by atoms with Crippen LogP contribution in [0.25, 0.3) is 0 Å². The molecule has 0 heteroatoms. The summed E-state index contributed by atoms with van der Waals surface area (Å²) in [5, 5.41) is 0. The molecule has 3 unspecified atom stereocenters. The van der Waals surface area contributed by atoms with Crippen molar-refractivity contribution in [3.63, 3.8) is 0 Å². The van der Waals surface area contributed by atoms with Crippen LogP contribution in [0.3, 0.4) is 0 Å². The fraction of sp³-hybridized carbons (Fsp3) is 1.00. The minimum atomic E-state index is 0.645. The monoisotopic (exact) mass is 180 g/mol. The van der Waals surface area contributed by atoms with Crippen molar-refractivity contribution in [3.8, 4) is 0 Å². The smallest absolute Gasteiger partial charge is 0.0323 e. The highest BCUT2D eigenvalue weighted by Crippen LogP contribution is 2.52. The summed E-state index contributed by atoms with van der Waals surface area (Å²) in [4.78, 5) is 0. The maximum atomic E-state index is 2.51. The van der Waals surface area contributed by atoms with E-state index in [0.29, 0.717) is 5.41 Å². The zero-order chi connectivity index (χ0) is 9.47. The largest absolute Gasteiger partial charge is 0.0622 e. The van der Waals surface area contributed by atoms with Gasteiger partial charge < -0.3 is 0 Å². The van der Waals surface area contributed by atoms with Crippen LogP contribution in [-0.4, -0.2) is 0 Å². The van der Waals surface area contributed by atoms with Crippen LogP contribution in [-0.2, 0) is 0 Å². The maximum Gasteiger partial charge on any atom is -0.0323 e. The van der Waals surface area contributed by atoms with Gasteiger partial charge in [0.15, 0.2) is 0 Å². The molecule has 0 aromatic carbocycles. The fourth-order valence-electron chi connectivity index (χ4n) is 3.87. The molecular formula is C13H24. The molecule has 0 bridgehead atoms. The van der Waals surface area contributed by atoms with Crippen LogP contribution in [0.15, 0.2) is 0 Å². The third-order valence-corrected chi connectivity index (χ3v) is 4.79. The lowest BCUT2D eigenvalue weighted by atomic mass is 9.71. The van der Waals surface area contributed by atoms with Gasteiger partial charge in [0.2, 0.25) is 0 Å². The Bertz CT molecular complexity index is 180. The molecule has 2 rings (SSSR count). The average Bonchev–Trinajstić information content (AvgIpc) is 2.34. The molecule has 2 aliphatic rings. The van der Waals surface area contributed by atoms with Gasteiger partial charge in [-0.05, 0) is 42.4 Å². The van der Waals surface area contributed by atoms with Crippen LogP contribution >= 0.6 is 0 Å². The van der Waals surface area contributed by atoms with E-state index in [0.717, 1.165) is 17.8 Å². The Balaban J connectivity index is 2.17. The summed E-state index contributed by atoms with van der Waals surface area (Å²) in [6, 6.07) is 0. The SMILES string of the molecule is CC1CCC2C1CCCCC2(C)C. The lowest BCUT2D eigenvalue weighted by molar-refractivity contribution is 0.152. The zero-order valence-corrected chi connectivity index (χ0v) is 9.47. The summed E-state index contributed by atoms with van der Waals surface area (Å²) in [6.07, 6.45) is 8.98. The summed E-state index contributed by atoms with van der Waals surface area (Å²) in [5.74, 6) is 3.13.